The average Bonchev–Trinajstić information content (AvgIpc) is 1.93. The molecule has 0 aromatic carbocycles. The van der Waals surface area contributed by atoms with Crippen molar-refractivity contribution in [1.82, 2.24) is 0 Å². The third-order valence-electron chi connectivity index (χ3n) is 3.84. The summed E-state index contributed by atoms with van der Waals surface area (Å²) in [6, 6.07) is 0. The molecule has 0 unspecified atom stereocenters. The van der Waals surface area contributed by atoms with E-state index in [0.29, 0.717) is 10.8 Å². The molecule has 0 spiro atoms. The minimum atomic E-state index is 0.547. The van der Waals surface area contributed by atoms with Crippen molar-refractivity contribution in [2.45, 2.75) is 66.7 Å². The summed E-state index contributed by atoms with van der Waals surface area (Å²) in [6.45, 7) is 11.9. The van der Waals surface area contributed by atoms with Crippen LogP contribution in [-0.4, -0.2) is 0 Å². The minimum Gasteiger partial charge on any atom is -0.0654 e. The zero-order valence-corrected chi connectivity index (χ0v) is 10.1. The summed E-state index contributed by atoms with van der Waals surface area (Å²) >= 11 is 0. The lowest BCUT2D eigenvalue weighted by atomic mass is 9.54. The second kappa shape index (κ2) is 3.63. The lowest BCUT2D eigenvalue weighted by molar-refractivity contribution is -0.00699. The highest BCUT2D eigenvalue weighted by atomic mass is 14.5. The van der Waals surface area contributed by atoms with Gasteiger partial charge in [-0.05, 0) is 36.0 Å². The molecule has 0 heterocycles. The van der Waals surface area contributed by atoms with Crippen LogP contribution in [0.3, 0.4) is 0 Å². The van der Waals surface area contributed by atoms with Gasteiger partial charge in [-0.3, -0.25) is 0 Å². The Morgan fingerprint density at radius 2 is 1.77 bits per heavy atom. The van der Waals surface area contributed by atoms with Gasteiger partial charge in [0.25, 0.3) is 0 Å². The van der Waals surface area contributed by atoms with Gasteiger partial charge in [0.1, 0.15) is 0 Å². The standard InChI is InChI=1S/C13H26/c1-6-7-8-13(5)9-11(10-13)12(2,3)4/h11H,6-10H2,1-5H3. The molecule has 1 rings (SSSR count). The van der Waals surface area contributed by atoms with E-state index in [2.05, 4.69) is 34.6 Å². The summed E-state index contributed by atoms with van der Waals surface area (Å²) in [6.07, 6.45) is 7.17. The van der Waals surface area contributed by atoms with Gasteiger partial charge in [-0.1, -0.05) is 47.5 Å². The molecule has 0 aromatic rings. The Hall–Kier alpha value is 0. The Labute approximate surface area is 84.1 Å². The van der Waals surface area contributed by atoms with E-state index in [1.165, 1.54) is 32.1 Å². The fourth-order valence-corrected chi connectivity index (χ4v) is 2.55. The Bertz CT molecular complexity index is 155. The van der Waals surface area contributed by atoms with Gasteiger partial charge in [-0.2, -0.15) is 0 Å². The van der Waals surface area contributed by atoms with Gasteiger partial charge >= 0.3 is 0 Å². The van der Waals surface area contributed by atoms with Crippen molar-refractivity contribution in [2.75, 3.05) is 0 Å². The summed E-state index contributed by atoms with van der Waals surface area (Å²) in [5.41, 5.74) is 1.25. The predicted molar refractivity (Wildman–Crippen MR) is 59.8 cm³/mol. The fourth-order valence-electron chi connectivity index (χ4n) is 2.55. The van der Waals surface area contributed by atoms with Crippen LogP contribution in [0, 0.1) is 16.7 Å². The first kappa shape index (κ1) is 11.1. The summed E-state index contributed by atoms with van der Waals surface area (Å²) in [5, 5.41) is 0. The monoisotopic (exact) mass is 182 g/mol. The molecular weight excluding hydrogens is 156 g/mol. The molecule has 0 N–H and O–H groups in total. The Morgan fingerprint density at radius 3 is 2.15 bits per heavy atom. The number of rotatable bonds is 3. The summed E-state index contributed by atoms with van der Waals surface area (Å²) < 4.78 is 0. The van der Waals surface area contributed by atoms with Gasteiger partial charge < -0.3 is 0 Å². The number of hydrogen-bond acceptors (Lipinski definition) is 0. The highest BCUT2D eigenvalue weighted by molar-refractivity contribution is 4.94. The van der Waals surface area contributed by atoms with E-state index in [9.17, 15) is 0 Å². The molecule has 78 valence electrons. The fraction of sp³-hybridized carbons (Fsp3) is 1.00. The second-order valence-electron chi connectivity index (χ2n) is 6.39. The first-order valence-corrected chi connectivity index (χ1v) is 5.87. The van der Waals surface area contributed by atoms with Crippen LogP contribution in [0.1, 0.15) is 66.7 Å². The quantitative estimate of drug-likeness (QED) is 0.596. The third kappa shape index (κ3) is 2.72. The predicted octanol–water partition coefficient (Wildman–Crippen LogP) is 4.64. The van der Waals surface area contributed by atoms with Crippen LogP contribution in [0.5, 0.6) is 0 Å². The van der Waals surface area contributed by atoms with E-state index in [-0.39, 0.29) is 0 Å². The molecule has 1 aliphatic rings. The SMILES string of the molecule is CCCCC1(C)CC(C(C)(C)C)C1. The van der Waals surface area contributed by atoms with Crippen molar-refractivity contribution >= 4 is 0 Å². The summed E-state index contributed by atoms with van der Waals surface area (Å²) in [7, 11) is 0. The van der Waals surface area contributed by atoms with Gasteiger partial charge in [0.2, 0.25) is 0 Å². The van der Waals surface area contributed by atoms with Crippen molar-refractivity contribution in [3.05, 3.63) is 0 Å². The topological polar surface area (TPSA) is 0 Å². The Morgan fingerprint density at radius 1 is 1.23 bits per heavy atom. The van der Waals surface area contributed by atoms with Crippen LogP contribution >= 0.6 is 0 Å². The Kier molecular flexibility index (Phi) is 3.09. The molecule has 0 radical (unpaired) electrons. The number of unbranched alkanes of at least 4 members (excludes halogenated alkanes) is 1. The molecular formula is C13H26. The van der Waals surface area contributed by atoms with E-state index in [1.54, 1.807) is 0 Å². The van der Waals surface area contributed by atoms with E-state index in [4.69, 9.17) is 0 Å². The molecule has 0 bridgehead atoms. The largest absolute Gasteiger partial charge is 0.0654 e. The molecule has 0 amide bonds. The summed E-state index contributed by atoms with van der Waals surface area (Å²) in [4.78, 5) is 0. The third-order valence-corrected chi connectivity index (χ3v) is 3.84. The average molecular weight is 182 g/mol. The highest BCUT2D eigenvalue weighted by Crippen LogP contribution is 2.55. The first-order valence-electron chi connectivity index (χ1n) is 5.87. The lowest BCUT2D eigenvalue weighted by Crippen LogP contribution is -2.41. The normalized spacial score (nSPS) is 34.4. The van der Waals surface area contributed by atoms with Crippen molar-refractivity contribution in [2.24, 2.45) is 16.7 Å². The van der Waals surface area contributed by atoms with E-state index in [1.807, 2.05) is 0 Å². The minimum absolute atomic E-state index is 0.547. The van der Waals surface area contributed by atoms with E-state index in [0.717, 1.165) is 5.92 Å². The van der Waals surface area contributed by atoms with Crippen molar-refractivity contribution < 1.29 is 0 Å². The van der Waals surface area contributed by atoms with Gasteiger partial charge in [0.05, 0.1) is 0 Å². The molecule has 0 heteroatoms. The van der Waals surface area contributed by atoms with Gasteiger partial charge in [-0.15, -0.1) is 0 Å². The lowest BCUT2D eigenvalue weighted by Gasteiger charge is -2.51. The first-order chi connectivity index (χ1) is 5.87. The van der Waals surface area contributed by atoms with E-state index >= 15 is 0 Å². The smallest absolute Gasteiger partial charge is 0.0320 e. The van der Waals surface area contributed by atoms with Crippen LogP contribution in [0.2, 0.25) is 0 Å². The zero-order chi connectivity index (χ0) is 10.1. The number of hydrogen-bond donors (Lipinski definition) is 0. The zero-order valence-electron chi connectivity index (χ0n) is 10.1. The Balaban J connectivity index is 2.30. The molecule has 0 saturated heterocycles. The van der Waals surface area contributed by atoms with Crippen molar-refractivity contribution in [3.8, 4) is 0 Å². The molecule has 0 nitrogen and oxygen atoms in total. The maximum atomic E-state index is 2.48. The maximum Gasteiger partial charge on any atom is -0.0320 e. The molecule has 1 fully saturated rings. The molecule has 13 heavy (non-hydrogen) atoms. The molecule has 0 atom stereocenters. The van der Waals surface area contributed by atoms with Gasteiger partial charge in [-0.25, -0.2) is 0 Å². The van der Waals surface area contributed by atoms with Crippen LogP contribution in [0.25, 0.3) is 0 Å². The van der Waals surface area contributed by atoms with Crippen molar-refractivity contribution in [1.29, 1.82) is 0 Å². The van der Waals surface area contributed by atoms with Crippen LogP contribution in [0.15, 0.2) is 0 Å². The van der Waals surface area contributed by atoms with Crippen LogP contribution in [-0.2, 0) is 0 Å². The highest BCUT2D eigenvalue weighted by Gasteiger charge is 2.44. The molecule has 0 aliphatic heterocycles. The van der Waals surface area contributed by atoms with Gasteiger partial charge in [0.15, 0.2) is 0 Å². The molecule has 1 saturated carbocycles. The summed E-state index contributed by atoms with van der Waals surface area (Å²) in [5.74, 6) is 0.981. The van der Waals surface area contributed by atoms with Crippen LogP contribution < -0.4 is 0 Å². The molecule has 0 aromatic heterocycles. The second-order valence-corrected chi connectivity index (χ2v) is 6.39. The van der Waals surface area contributed by atoms with E-state index < -0.39 is 0 Å². The van der Waals surface area contributed by atoms with Crippen LogP contribution in [0.4, 0.5) is 0 Å². The maximum absolute atomic E-state index is 2.48. The van der Waals surface area contributed by atoms with Crippen molar-refractivity contribution in [3.63, 3.8) is 0 Å². The molecule has 1 aliphatic carbocycles. The van der Waals surface area contributed by atoms with Gasteiger partial charge in [0, 0.05) is 0 Å².